The fraction of sp³-hybridized carbons (Fsp3) is 0.526. The van der Waals surface area contributed by atoms with Crippen LogP contribution in [-0.4, -0.2) is 59.6 Å². The number of nitrogens with one attached hydrogen (secondary N) is 3. The summed E-state index contributed by atoms with van der Waals surface area (Å²) in [6, 6.07) is 4.45. The lowest BCUT2D eigenvalue weighted by molar-refractivity contribution is -0.129. The van der Waals surface area contributed by atoms with Gasteiger partial charge in [-0.3, -0.25) is 19.3 Å². The first-order valence-corrected chi connectivity index (χ1v) is 9.48. The Morgan fingerprint density at radius 1 is 1.07 bits per heavy atom. The largest absolute Gasteiger partial charge is 0.385 e. The zero-order valence-corrected chi connectivity index (χ0v) is 15.0. The maximum atomic E-state index is 12.8. The number of imide groups is 1. The van der Waals surface area contributed by atoms with Gasteiger partial charge in [-0.15, -0.1) is 0 Å². The highest BCUT2D eigenvalue weighted by molar-refractivity contribution is 6.22. The molecule has 2 unspecified atom stereocenters. The number of nitrogens with zero attached hydrogens (tertiary/aromatic N) is 1. The maximum Gasteiger partial charge on any atom is 0.262 e. The monoisotopic (exact) mass is 372 g/mol. The molecule has 2 saturated heterocycles. The van der Waals surface area contributed by atoms with Gasteiger partial charge in [0.25, 0.3) is 11.8 Å². The highest BCUT2D eigenvalue weighted by atomic mass is 16.3. The Morgan fingerprint density at radius 2 is 1.81 bits per heavy atom. The van der Waals surface area contributed by atoms with E-state index < -0.39 is 24.1 Å². The Morgan fingerprint density at radius 3 is 2.56 bits per heavy atom. The van der Waals surface area contributed by atoms with Gasteiger partial charge >= 0.3 is 0 Å². The summed E-state index contributed by atoms with van der Waals surface area (Å²) in [4.78, 5) is 38.0. The van der Waals surface area contributed by atoms with Crippen molar-refractivity contribution in [2.45, 2.75) is 38.0 Å². The Balaban J connectivity index is 1.48. The normalized spacial score (nSPS) is 26.1. The molecule has 4 rings (SSSR count). The first-order chi connectivity index (χ1) is 13.0. The topological polar surface area (TPSA) is 111 Å². The van der Waals surface area contributed by atoms with Crippen LogP contribution in [-0.2, 0) is 4.79 Å². The number of aliphatic hydroxyl groups is 1. The van der Waals surface area contributed by atoms with Crippen LogP contribution in [0.3, 0.4) is 0 Å². The molecule has 0 radical (unpaired) electrons. The molecule has 2 atom stereocenters. The third-order valence-electron chi connectivity index (χ3n) is 5.64. The molecule has 3 amide bonds. The molecule has 27 heavy (non-hydrogen) atoms. The number of aliphatic hydroxyl groups excluding tert-OH is 1. The number of anilines is 1. The molecule has 0 saturated carbocycles. The molecule has 0 aliphatic carbocycles. The highest BCUT2D eigenvalue weighted by Crippen LogP contribution is 2.30. The zero-order valence-electron chi connectivity index (χ0n) is 15.0. The third kappa shape index (κ3) is 3.42. The summed E-state index contributed by atoms with van der Waals surface area (Å²) < 4.78 is 0. The van der Waals surface area contributed by atoms with Crippen LogP contribution < -0.4 is 16.0 Å². The van der Waals surface area contributed by atoms with Gasteiger partial charge in [0.15, 0.2) is 0 Å². The van der Waals surface area contributed by atoms with Crippen LogP contribution in [0.1, 0.15) is 46.4 Å². The van der Waals surface area contributed by atoms with Crippen LogP contribution in [0.25, 0.3) is 0 Å². The molecule has 8 nitrogen and oxygen atoms in total. The third-order valence-corrected chi connectivity index (χ3v) is 5.64. The molecular formula is C19H24N4O4. The molecule has 1 aromatic carbocycles. The summed E-state index contributed by atoms with van der Waals surface area (Å²) in [5, 5.41) is 19.2. The van der Waals surface area contributed by atoms with Gasteiger partial charge in [-0.2, -0.15) is 0 Å². The summed E-state index contributed by atoms with van der Waals surface area (Å²) >= 11 is 0. The Hall–Kier alpha value is -2.45. The average Bonchev–Trinajstić information content (AvgIpc) is 2.92. The van der Waals surface area contributed by atoms with Crippen LogP contribution in [0.2, 0.25) is 0 Å². The first kappa shape index (κ1) is 17.9. The van der Waals surface area contributed by atoms with E-state index in [1.54, 1.807) is 12.1 Å². The minimum atomic E-state index is -1.23. The van der Waals surface area contributed by atoms with Crippen LogP contribution in [0.15, 0.2) is 18.2 Å². The number of rotatable bonds is 4. The Labute approximate surface area is 157 Å². The van der Waals surface area contributed by atoms with E-state index in [0.717, 1.165) is 43.1 Å². The van der Waals surface area contributed by atoms with Crippen LogP contribution in [0, 0.1) is 5.92 Å². The molecule has 2 fully saturated rings. The van der Waals surface area contributed by atoms with Gasteiger partial charge < -0.3 is 21.1 Å². The molecule has 3 aliphatic rings. The Kier molecular flexibility index (Phi) is 4.84. The van der Waals surface area contributed by atoms with E-state index in [0.29, 0.717) is 17.0 Å². The van der Waals surface area contributed by atoms with Crippen molar-refractivity contribution in [1.82, 2.24) is 15.5 Å². The van der Waals surface area contributed by atoms with E-state index in [9.17, 15) is 19.5 Å². The predicted octanol–water partition coefficient (Wildman–Crippen LogP) is 0.291. The fourth-order valence-corrected chi connectivity index (χ4v) is 4.06. The van der Waals surface area contributed by atoms with Gasteiger partial charge in [0.05, 0.1) is 17.2 Å². The number of fused-ring (bicyclic) bond motifs is 1. The van der Waals surface area contributed by atoms with Crippen LogP contribution >= 0.6 is 0 Å². The van der Waals surface area contributed by atoms with Crippen molar-refractivity contribution in [2.75, 3.05) is 25.0 Å². The number of hydrogen-bond donors (Lipinski definition) is 4. The van der Waals surface area contributed by atoms with Crippen molar-refractivity contribution in [3.8, 4) is 0 Å². The van der Waals surface area contributed by atoms with Crippen molar-refractivity contribution in [2.24, 2.45) is 5.92 Å². The van der Waals surface area contributed by atoms with Crippen molar-refractivity contribution < 1.29 is 19.5 Å². The number of benzene rings is 1. The summed E-state index contributed by atoms with van der Waals surface area (Å²) in [5.74, 6) is -0.519. The smallest absolute Gasteiger partial charge is 0.262 e. The van der Waals surface area contributed by atoms with E-state index in [-0.39, 0.29) is 18.7 Å². The molecule has 3 heterocycles. The second-order valence-electron chi connectivity index (χ2n) is 7.43. The molecule has 4 N–H and O–H groups in total. The van der Waals surface area contributed by atoms with Crippen LogP contribution in [0.4, 0.5) is 5.69 Å². The SMILES string of the molecule is O=C1CCC(N2C(=O)c3ccc(NCC4CCNCC4)cc3C2=O)C(O)N1. The van der Waals surface area contributed by atoms with E-state index in [1.165, 1.54) is 0 Å². The Bertz CT molecular complexity index is 775. The minimum absolute atomic E-state index is 0.179. The van der Waals surface area contributed by atoms with Crippen molar-refractivity contribution in [3.05, 3.63) is 29.3 Å². The molecule has 1 aromatic rings. The molecule has 0 spiro atoms. The summed E-state index contributed by atoms with van der Waals surface area (Å²) in [7, 11) is 0. The van der Waals surface area contributed by atoms with Gasteiger partial charge in [0.2, 0.25) is 5.91 Å². The van der Waals surface area contributed by atoms with E-state index >= 15 is 0 Å². The number of carbonyl (C=O) groups is 3. The molecule has 8 heteroatoms. The van der Waals surface area contributed by atoms with E-state index in [1.807, 2.05) is 6.07 Å². The van der Waals surface area contributed by atoms with Gasteiger partial charge in [-0.05, 0) is 56.5 Å². The predicted molar refractivity (Wildman–Crippen MR) is 98.2 cm³/mol. The quantitative estimate of drug-likeness (QED) is 0.566. The van der Waals surface area contributed by atoms with Crippen molar-refractivity contribution >= 4 is 23.4 Å². The molecule has 144 valence electrons. The number of hydrogen-bond acceptors (Lipinski definition) is 6. The van der Waals surface area contributed by atoms with Crippen molar-refractivity contribution in [1.29, 1.82) is 0 Å². The number of amides is 3. The molecule has 3 aliphatic heterocycles. The fourth-order valence-electron chi connectivity index (χ4n) is 4.06. The van der Waals surface area contributed by atoms with Gasteiger partial charge in [-0.1, -0.05) is 0 Å². The lowest BCUT2D eigenvalue weighted by Crippen LogP contribution is -2.57. The first-order valence-electron chi connectivity index (χ1n) is 9.48. The van der Waals surface area contributed by atoms with Gasteiger partial charge in [-0.25, -0.2) is 0 Å². The standard InChI is InChI=1S/C19H24N4O4/c24-16-4-3-15(17(25)22-16)23-18(26)13-2-1-12(9-14(13)19(23)27)21-10-11-5-7-20-8-6-11/h1-2,9,11,15,17,20-21,25H,3-8,10H2,(H,22,24). The van der Waals surface area contributed by atoms with E-state index in [2.05, 4.69) is 16.0 Å². The summed E-state index contributed by atoms with van der Waals surface area (Å²) in [6.07, 6.45) is 1.45. The molecular weight excluding hydrogens is 348 g/mol. The maximum absolute atomic E-state index is 12.8. The lowest BCUT2D eigenvalue weighted by atomic mass is 9.98. The lowest BCUT2D eigenvalue weighted by Gasteiger charge is -2.33. The summed E-state index contributed by atoms with van der Waals surface area (Å²) in [5.41, 5.74) is 1.50. The van der Waals surface area contributed by atoms with Gasteiger partial charge in [0.1, 0.15) is 6.23 Å². The minimum Gasteiger partial charge on any atom is -0.385 e. The van der Waals surface area contributed by atoms with Crippen molar-refractivity contribution in [3.63, 3.8) is 0 Å². The highest BCUT2D eigenvalue weighted by Gasteiger charge is 2.44. The molecule has 0 aromatic heterocycles. The van der Waals surface area contributed by atoms with E-state index in [4.69, 9.17) is 0 Å². The zero-order chi connectivity index (χ0) is 19.0. The van der Waals surface area contributed by atoms with Crippen LogP contribution in [0.5, 0.6) is 0 Å². The summed E-state index contributed by atoms with van der Waals surface area (Å²) in [6.45, 7) is 2.89. The second-order valence-corrected chi connectivity index (χ2v) is 7.43. The average molecular weight is 372 g/mol. The number of piperidine rings is 2. The van der Waals surface area contributed by atoms with Gasteiger partial charge in [0, 0.05) is 18.7 Å². The molecule has 0 bridgehead atoms. The second kappa shape index (κ2) is 7.28. The number of carbonyl (C=O) groups excluding carboxylic acids is 3.